The minimum absolute atomic E-state index is 0.124. The number of carbonyl (C=O) groups excluding carboxylic acids is 1. The van der Waals surface area contributed by atoms with E-state index in [1.807, 2.05) is 24.4 Å². The van der Waals surface area contributed by atoms with Crippen LogP contribution >= 0.6 is 0 Å². The van der Waals surface area contributed by atoms with Gasteiger partial charge in [-0.2, -0.15) is 0 Å². The molecule has 1 aromatic carbocycles. The normalized spacial score (nSPS) is 10.7. The van der Waals surface area contributed by atoms with Crippen molar-refractivity contribution in [2.45, 2.75) is 19.8 Å². The van der Waals surface area contributed by atoms with Crippen LogP contribution in [-0.4, -0.2) is 22.4 Å². The van der Waals surface area contributed by atoms with Crippen molar-refractivity contribution >= 4 is 16.8 Å². The van der Waals surface area contributed by atoms with E-state index in [1.165, 1.54) is 5.01 Å². The number of aromatic nitrogens is 1. The summed E-state index contributed by atoms with van der Waals surface area (Å²) in [4.78, 5) is 15.1. The smallest absolute Gasteiger partial charge is 0.267 e. The Labute approximate surface area is 100 Å². The number of benzene rings is 1. The summed E-state index contributed by atoms with van der Waals surface area (Å²) in [5.74, 6) is 5.61. The van der Waals surface area contributed by atoms with Gasteiger partial charge in [0.05, 0.1) is 0 Å². The molecule has 2 aromatic rings. The number of nitrogens with zero attached hydrogens (tertiary/aromatic N) is 1. The summed E-state index contributed by atoms with van der Waals surface area (Å²) in [5, 5.41) is 2.32. The molecule has 3 N–H and O–H groups in total. The summed E-state index contributed by atoms with van der Waals surface area (Å²) >= 11 is 0. The van der Waals surface area contributed by atoms with Crippen molar-refractivity contribution in [3.05, 3.63) is 36.0 Å². The molecule has 0 saturated heterocycles. The molecule has 0 bridgehead atoms. The molecule has 0 aliphatic heterocycles. The number of amides is 1. The minimum Gasteiger partial charge on any atom is -0.361 e. The van der Waals surface area contributed by atoms with Crippen molar-refractivity contribution in [1.29, 1.82) is 0 Å². The summed E-state index contributed by atoms with van der Waals surface area (Å²) in [6.07, 6.45) is 3.81. The minimum atomic E-state index is -0.124. The molecule has 0 fully saturated rings. The molecule has 1 heterocycles. The van der Waals surface area contributed by atoms with Crippen molar-refractivity contribution in [2.75, 3.05) is 6.54 Å². The number of carbonyl (C=O) groups is 1. The number of rotatable bonds is 4. The van der Waals surface area contributed by atoms with E-state index in [2.05, 4.69) is 11.9 Å². The van der Waals surface area contributed by atoms with Crippen LogP contribution in [-0.2, 0) is 0 Å². The maximum atomic E-state index is 12.0. The SMILES string of the molecule is CCCCN(N)C(=O)c1ccc2[nH]ccc2c1. The number of aromatic amines is 1. The van der Waals surface area contributed by atoms with Crippen LogP contribution in [0.4, 0.5) is 0 Å². The lowest BCUT2D eigenvalue weighted by Gasteiger charge is -2.16. The van der Waals surface area contributed by atoms with Gasteiger partial charge in [-0.1, -0.05) is 13.3 Å². The van der Waals surface area contributed by atoms with Crippen LogP contribution in [0.15, 0.2) is 30.5 Å². The van der Waals surface area contributed by atoms with E-state index in [1.54, 1.807) is 6.07 Å². The van der Waals surface area contributed by atoms with Crippen LogP contribution < -0.4 is 5.84 Å². The summed E-state index contributed by atoms with van der Waals surface area (Å²) in [6.45, 7) is 2.67. The van der Waals surface area contributed by atoms with Gasteiger partial charge in [-0.05, 0) is 30.7 Å². The summed E-state index contributed by atoms with van der Waals surface area (Å²) < 4.78 is 0. The number of nitrogens with two attached hydrogens (primary N) is 1. The van der Waals surface area contributed by atoms with Gasteiger partial charge in [0.15, 0.2) is 0 Å². The molecular weight excluding hydrogens is 214 g/mol. The Kier molecular flexibility index (Phi) is 3.44. The molecular formula is C13H17N3O. The number of nitrogens with one attached hydrogen (secondary N) is 1. The average Bonchev–Trinajstić information content (AvgIpc) is 2.81. The van der Waals surface area contributed by atoms with Gasteiger partial charge in [-0.15, -0.1) is 0 Å². The Balaban J connectivity index is 2.17. The molecule has 17 heavy (non-hydrogen) atoms. The van der Waals surface area contributed by atoms with Crippen LogP contribution in [0.5, 0.6) is 0 Å². The van der Waals surface area contributed by atoms with E-state index < -0.39 is 0 Å². The first-order valence-electron chi connectivity index (χ1n) is 5.86. The number of unbranched alkanes of at least 4 members (excludes halogenated alkanes) is 1. The predicted octanol–water partition coefficient (Wildman–Crippen LogP) is 2.28. The van der Waals surface area contributed by atoms with Gasteiger partial charge in [0.2, 0.25) is 0 Å². The highest BCUT2D eigenvalue weighted by atomic mass is 16.2. The Bertz CT molecular complexity index is 518. The average molecular weight is 231 g/mol. The van der Waals surface area contributed by atoms with Crippen molar-refractivity contribution in [3.63, 3.8) is 0 Å². The molecule has 4 nitrogen and oxygen atoms in total. The van der Waals surface area contributed by atoms with E-state index in [-0.39, 0.29) is 5.91 Å². The third kappa shape index (κ3) is 2.47. The molecule has 2 rings (SSSR count). The fourth-order valence-electron chi connectivity index (χ4n) is 1.78. The van der Waals surface area contributed by atoms with E-state index >= 15 is 0 Å². The second-order valence-corrected chi connectivity index (χ2v) is 4.13. The maximum Gasteiger partial charge on any atom is 0.267 e. The van der Waals surface area contributed by atoms with Crippen LogP contribution in [0, 0.1) is 0 Å². The van der Waals surface area contributed by atoms with Gasteiger partial charge >= 0.3 is 0 Å². The zero-order valence-corrected chi connectivity index (χ0v) is 9.94. The number of fused-ring (bicyclic) bond motifs is 1. The maximum absolute atomic E-state index is 12.0. The van der Waals surface area contributed by atoms with Crippen molar-refractivity contribution in [1.82, 2.24) is 9.99 Å². The van der Waals surface area contributed by atoms with Crippen LogP contribution in [0.1, 0.15) is 30.1 Å². The van der Waals surface area contributed by atoms with Crippen LogP contribution in [0.2, 0.25) is 0 Å². The Hall–Kier alpha value is -1.81. The molecule has 0 aliphatic carbocycles. The third-order valence-electron chi connectivity index (χ3n) is 2.81. The van der Waals surface area contributed by atoms with E-state index in [0.29, 0.717) is 12.1 Å². The topological polar surface area (TPSA) is 62.1 Å². The summed E-state index contributed by atoms with van der Waals surface area (Å²) in [5.41, 5.74) is 1.66. The highest BCUT2D eigenvalue weighted by Gasteiger charge is 2.12. The fraction of sp³-hybridized carbons (Fsp3) is 0.308. The molecule has 90 valence electrons. The van der Waals surface area contributed by atoms with Crippen LogP contribution in [0.3, 0.4) is 0 Å². The van der Waals surface area contributed by atoms with Crippen molar-refractivity contribution in [2.24, 2.45) is 5.84 Å². The third-order valence-corrected chi connectivity index (χ3v) is 2.81. The molecule has 0 atom stereocenters. The molecule has 4 heteroatoms. The second-order valence-electron chi connectivity index (χ2n) is 4.13. The van der Waals surface area contributed by atoms with Crippen molar-refractivity contribution in [3.8, 4) is 0 Å². The Morgan fingerprint density at radius 2 is 2.24 bits per heavy atom. The molecule has 0 aliphatic rings. The molecule has 0 spiro atoms. The van der Waals surface area contributed by atoms with E-state index in [0.717, 1.165) is 23.7 Å². The molecule has 0 radical (unpaired) electrons. The zero-order chi connectivity index (χ0) is 12.3. The Morgan fingerprint density at radius 1 is 1.41 bits per heavy atom. The van der Waals surface area contributed by atoms with E-state index in [4.69, 9.17) is 5.84 Å². The monoisotopic (exact) mass is 231 g/mol. The van der Waals surface area contributed by atoms with Gasteiger partial charge in [-0.25, -0.2) is 5.84 Å². The fourth-order valence-corrected chi connectivity index (χ4v) is 1.78. The van der Waals surface area contributed by atoms with Crippen molar-refractivity contribution < 1.29 is 4.79 Å². The lowest BCUT2D eigenvalue weighted by atomic mass is 10.1. The number of hydrazine groups is 1. The number of H-pyrrole nitrogens is 1. The predicted molar refractivity (Wildman–Crippen MR) is 68.4 cm³/mol. The number of hydrogen-bond acceptors (Lipinski definition) is 2. The highest BCUT2D eigenvalue weighted by Crippen LogP contribution is 2.15. The summed E-state index contributed by atoms with van der Waals surface area (Å²) in [6, 6.07) is 7.50. The quantitative estimate of drug-likeness (QED) is 0.482. The first kappa shape index (κ1) is 11.7. The second kappa shape index (κ2) is 5.01. The van der Waals surface area contributed by atoms with Gasteiger partial charge in [0.25, 0.3) is 5.91 Å². The van der Waals surface area contributed by atoms with Gasteiger partial charge in [0.1, 0.15) is 0 Å². The van der Waals surface area contributed by atoms with Gasteiger partial charge < -0.3 is 4.98 Å². The van der Waals surface area contributed by atoms with E-state index in [9.17, 15) is 4.79 Å². The lowest BCUT2D eigenvalue weighted by Crippen LogP contribution is -2.38. The Morgan fingerprint density at radius 3 is 3.00 bits per heavy atom. The van der Waals surface area contributed by atoms with Gasteiger partial charge in [0, 0.05) is 29.2 Å². The molecule has 1 aromatic heterocycles. The lowest BCUT2D eigenvalue weighted by molar-refractivity contribution is 0.0753. The highest BCUT2D eigenvalue weighted by molar-refractivity contribution is 5.97. The summed E-state index contributed by atoms with van der Waals surface area (Å²) in [7, 11) is 0. The zero-order valence-electron chi connectivity index (χ0n) is 9.94. The largest absolute Gasteiger partial charge is 0.361 e. The first-order chi connectivity index (χ1) is 8.22. The molecule has 1 amide bonds. The first-order valence-corrected chi connectivity index (χ1v) is 5.86. The number of hydrogen-bond donors (Lipinski definition) is 2. The molecule has 0 saturated carbocycles. The molecule has 0 unspecified atom stereocenters. The standard InChI is InChI=1S/C13H17N3O/c1-2-3-8-16(14)13(17)11-4-5-12-10(9-11)6-7-15-12/h4-7,9,15H,2-3,8,14H2,1H3. The van der Waals surface area contributed by atoms with Gasteiger partial charge in [-0.3, -0.25) is 9.80 Å². The van der Waals surface area contributed by atoms with Crippen LogP contribution in [0.25, 0.3) is 10.9 Å².